The molecule has 0 aliphatic carbocycles. The molecule has 1 saturated heterocycles. The predicted octanol–water partition coefficient (Wildman–Crippen LogP) is 1.50. The molecule has 1 aromatic rings. The molecule has 0 saturated carbocycles. The van der Waals surface area contributed by atoms with Gasteiger partial charge in [0.05, 0.1) is 0 Å². The topological polar surface area (TPSA) is 62.3 Å². The van der Waals surface area contributed by atoms with Crippen LogP contribution in [0.4, 0.5) is 5.82 Å². The molecule has 1 aliphatic rings. The van der Waals surface area contributed by atoms with Crippen LogP contribution >= 0.6 is 11.8 Å². The minimum absolute atomic E-state index is 0.376. The highest BCUT2D eigenvalue weighted by Gasteiger charge is 2.32. The van der Waals surface area contributed by atoms with Gasteiger partial charge in [-0.15, -0.1) is 0 Å². The molecule has 1 atom stereocenters. The molecule has 7 heteroatoms. The van der Waals surface area contributed by atoms with E-state index in [1.807, 2.05) is 17.0 Å². The molecule has 1 aromatic heterocycles. The average molecular weight is 329 g/mol. The Labute approximate surface area is 131 Å². The number of rotatable bonds is 5. The molecule has 118 valence electrons. The molecule has 1 fully saturated rings. The highest BCUT2D eigenvalue weighted by molar-refractivity contribution is 8.01. The first-order valence-corrected chi connectivity index (χ1v) is 10.2. The molecular formula is C14H23N3O2S2. The standard InChI is InChI=1S/C14H23N3O2S2/c1-11(2)16-9-12-5-4-6-15-14(12)17-7-8-20-10-13(17)21(3,18)19/h4-6,11,13,16H,7-10H2,1-3H3. The summed E-state index contributed by atoms with van der Waals surface area (Å²) in [6.07, 6.45) is 3.04. The van der Waals surface area contributed by atoms with E-state index >= 15 is 0 Å². The van der Waals surface area contributed by atoms with Gasteiger partial charge in [-0.05, 0) is 6.07 Å². The molecule has 0 amide bonds. The van der Waals surface area contributed by atoms with Crippen LogP contribution in [-0.2, 0) is 16.4 Å². The third kappa shape index (κ3) is 4.34. The zero-order valence-corrected chi connectivity index (χ0v) is 14.4. The van der Waals surface area contributed by atoms with Crippen LogP contribution in [0.2, 0.25) is 0 Å². The Morgan fingerprint density at radius 2 is 2.29 bits per heavy atom. The SMILES string of the molecule is CC(C)NCc1cccnc1N1CCSCC1S(C)(=O)=O. The zero-order chi connectivity index (χ0) is 15.5. The molecule has 0 bridgehead atoms. The Kier molecular flexibility index (Phi) is 5.51. The monoisotopic (exact) mass is 329 g/mol. The first-order chi connectivity index (χ1) is 9.89. The van der Waals surface area contributed by atoms with Crippen LogP contribution < -0.4 is 10.2 Å². The van der Waals surface area contributed by atoms with E-state index in [4.69, 9.17) is 0 Å². The van der Waals surface area contributed by atoms with Gasteiger partial charge in [-0.3, -0.25) is 0 Å². The van der Waals surface area contributed by atoms with Gasteiger partial charge in [0, 0.05) is 48.7 Å². The predicted molar refractivity (Wildman–Crippen MR) is 89.5 cm³/mol. The lowest BCUT2D eigenvalue weighted by Gasteiger charge is -2.36. The van der Waals surface area contributed by atoms with Crippen molar-refractivity contribution in [1.29, 1.82) is 0 Å². The van der Waals surface area contributed by atoms with Gasteiger partial charge in [0.1, 0.15) is 11.2 Å². The first-order valence-electron chi connectivity index (χ1n) is 7.10. The zero-order valence-electron chi connectivity index (χ0n) is 12.7. The van der Waals surface area contributed by atoms with Crippen LogP contribution in [0.1, 0.15) is 19.4 Å². The highest BCUT2D eigenvalue weighted by atomic mass is 32.2. The fourth-order valence-electron chi connectivity index (χ4n) is 2.32. The van der Waals surface area contributed by atoms with Crippen molar-refractivity contribution in [1.82, 2.24) is 10.3 Å². The first kappa shape index (κ1) is 16.6. The molecule has 2 heterocycles. The molecule has 1 aliphatic heterocycles. The van der Waals surface area contributed by atoms with Gasteiger partial charge in [0.15, 0.2) is 9.84 Å². The van der Waals surface area contributed by atoms with Crippen molar-refractivity contribution in [3.63, 3.8) is 0 Å². The van der Waals surface area contributed by atoms with E-state index in [0.717, 1.165) is 17.1 Å². The largest absolute Gasteiger partial charge is 0.338 e. The summed E-state index contributed by atoms with van der Waals surface area (Å²) in [6.45, 7) is 5.59. The maximum atomic E-state index is 12.0. The molecule has 1 unspecified atom stereocenters. The van der Waals surface area contributed by atoms with E-state index in [9.17, 15) is 8.42 Å². The maximum absolute atomic E-state index is 12.0. The lowest BCUT2D eigenvalue weighted by molar-refractivity contribution is 0.577. The van der Waals surface area contributed by atoms with Crippen LogP contribution in [0.5, 0.6) is 0 Å². The van der Waals surface area contributed by atoms with Crippen LogP contribution in [0.3, 0.4) is 0 Å². The van der Waals surface area contributed by atoms with Crippen LogP contribution in [-0.4, -0.2) is 49.1 Å². The van der Waals surface area contributed by atoms with Crippen molar-refractivity contribution in [2.24, 2.45) is 0 Å². The molecule has 0 radical (unpaired) electrons. The summed E-state index contributed by atoms with van der Waals surface area (Å²) < 4.78 is 24.1. The van der Waals surface area contributed by atoms with Crippen molar-refractivity contribution in [2.45, 2.75) is 31.8 Å². The van der Waals surface area contributed by atoms with Crippen LogP contribution in [0, 0.1) is 0 Å². The number of hydrogen-bond donors (Lipinski definition) is 1. The van der Waals surface area contributed by atoms with Crippen molar-refractivity contribution < 1.29 is 8.42 Å². The minimum atomic E-state index is -3.13. The molecule has 0 aromatic carbocycles. The Morgan fingerprint density at radius 3 is 2.95 bits per heavy atom. The third-order valence-electron chi connectivity index (χ3n) is 3.42. The second-order valence-corrected chi connectivity index (χ2v) is 8.93. The van der Waals surface area contributed by atoms with Crippen molar-refractivity contribution in [2.75, 3.05) is 29.2 Å². The summed E-state index contributed by atoms with van der Waals surface area (Å²) >= 11 is 1.69. The van der Waals surface area contributed by atoms with Gasteiger partial charge in [-0.25, -0.2) is 13.4 Å². The summed E-state index contributed by atoms with van der Waals surface area (Å²) in [5.74, 6) is 2.33. The lowest BCUT2D eigenvalue weighted by Crippen LogP contribution is -2.48. The van der Waals surface area contributed by atoms with E-state index in [2.05, 4.69) is 24.1 Å². The van der Waals surface area contributed by atoms with Crippen LogP contribution in [0.15, 0.2) is 18.3 Å². The lowest BCUT2D eigenvalue weighted by atomic mass is 10.2. The number of hydrogen-bond acceptors (Lipinski definition) is 6. The molecule has 0 spiro atoms. The second-order valence-electron chi connectivity index (χ2n) is 5.57. The summed E-state index contributed by atoms with van der Waals surface area (Å²) in [5, 5.41) is 2.89. The van der Waals surface area contributed by atoms with E-state index in [1.165, 1.54) is 6.26 Å². The smallest absolute Gasteiger partial charge is 0.169 e. The number of nitrogens with one attached hydrogen (secondary N) is 1. The van der Waals surface area contributed by atoms with E-state index in [-0.39, 0.29) is 0 Å². The molecule has 5 nitrogen and oxygen atoms in total. The number of aromatic nitrogens is 1. The number of pyridine rings is 1. The number of sulfone groups is 1. The summed E-state index contributed by atoms with van der Waals surface area (Å²) in [7, 11) is -3.13. The number of anilines is 1. The summed E-state index contributed by atoms with van der Waals surface area (Å²) in [6, 6.07) is 4.29. The molecule has 1 N–H and O–H groups in total. The highest BCUT2D eigenvalue weighted by Crippen LogP contribution is 2.27. The Morgan fingerprint density at radius 1 is 1.52 bits per heavy atom. The summed E-state index contributed by atoms with van der Waals surface area (Å²) in [4.78, 5) is 6.40. The Hall–Kier alpha value is -0.790. The van der Waals surface area contributed by atoms with E-state index < -0.39 is 15.2 Å². The van der Waals surface area contributed by atoms with Gasteiger partial charge >= 0.3 is 0 Å². The van der Waals surface area contributed by atoms with Crippen molar-refractivity contribution in [3.05, 3.63) is 23.9 Å². The van der Waals surface area contributed by atoms with Gasteiger partial charge in [0.2, 0.25) is 0 Å². The average Bonchev–Trinajstić information content (AvgIpc) is 2.44. The quantitative estimate of drug-likeness (QED) is 0.883. The Bertz CT molecular complexity index is 575. The van der Waals surface area contributed by atoms with Crippen LogP contribution in [0.25, 0.3) is 0 Å². The van der Waals surface area contributed by atoms with E-state index in [0.29, 0.717) is 24.9 Å². The van der Waals surface area contributed by atoms with Gasteiger partial charge in [-0.2, -0.15) is 11.8 Å². The van der Waals surface area contributed by atoms with Gasteiger partial charge in [-0.1, -0.05) is 19.9 Å². The Balaban J connectivity index is 2.30. The maximum Gasteiger partial charge on any atom is 0.169 e. The van der Waals surface area contributed by atoms with Crippen molar-refractivity contribution >= 4 is 27.4 Å². The van der Waals surface area contributed by atoms with Crippen molar-refractivity contribution in [3.8, 4) is 0 Å². The number of nitrogens with zero attached hydrogens (tertiary/aromatic N) is 2. The minimum Gasteiger partial charge on any atom is -0.338 e. The molecular weight excluding hydrogens is 306 g/mol. The number of thioether (sulfide) groups is 1. The summed E-state index contributed by atoms with van der Waals surface area (Å²) in [5.41, 5.74) is 1.05. The molecule has 21 heavy (non-hydrogen) atoms. The van der Waals surface area contributed by atoms with E-state index in [1.54, 1.807) is 18.0 Å². The molecule has 2 rings (SSSR count). The fraction of sp³-hybridized carbons (Fsp3) is 0.643. The normalized spacial score (nSPS) is 20.0. The third-order valence-corrected chi connectivity index (χ3v) is 6.06. The second kappa shape index (κ2) is 6.98. The fourth-order valence-corrected chi connectivity index (χ4v) is 5.14. The van der Waals surface area contributed by atoms with Gasteiger partial charge < -0.3 is 10.2 Å². The van der Waals surface area contributed by atoms with Gasteiger partial charge in [0.25, 0.3) is 0 Å².